The number of nitrogens with two attached hydrogens (primary N) is 1. The molecule has 9 heteroatoms. The minimum absolute atomic E-state index is 0.0627. The Morgan fingerprint density at radius 3 is 2.56 bits per heavy atom. The number of nitrogens with one attached hydrogen (secondary N) is 1. The van der Waals surface area contributed by atoms with Gasteiger partial charge in [-0.2, -0.15) is 0 Å². The summed E-state index contributed by atoms with van der Waals surface area (Å²) in [6, 6.07) is 11.5. The van der Waals surface area contributed by atoms with Crippen molar-refractivity contribution < 1.29 is 24.6 Å². The van der Waals surface area contributed by atoms with Gasteiger partial charge in [-0.05, 0) is 88.9 Å². The van der Waals surface area contributed by atoms with E-state index in [1.807, 2.05) is 13.0 Å². The van der Waals surface area contributed by atoms with Crippen molar-refractivity contribution in [3.05, 3.63) is 89.0 Å². The standard InChI is InChI=1S/C36H46N4O5/c1-24(2)8-5-9-25(3)19-21-40-32-18-17-29(38-34(43)27-13-15-28(37)16-14-27)22-31(32)36(45,35(40)44)26(4)10-6-12-33(42)39-20-7-11-30(39)23-41/h6,8,10,13-19,22,26,30,41,45H,5,7,9,11-12,20-21,23,37H2,1-4H3,(H,38,43)/b10-6+,25-19+/t26-,30-,36+/m0/s1. The Hall–Kier alpha value is -4.21. The quantitative estimate of drug-likeness (QED) is 0.189. The van der Waals surface area contributed by atoms with Crippen LogP contribution in [0, 0.1) is 5.92 Å². The highest BCUT2D eigenvalue weighted by atomic mass is 16.3. The van der Waals surface area contributed by atoms with E-state index in [4.69, 9.17) is 5.73 Å². The molecule has 3 amide bonds. The van der Waals surface area contributed by atoms with Gasteiger partial charge in [-0.15, -0.1) is 0 Å². The molecule has 0 aliphatic carbocycles. The third-order valence-electron chi connectivity index (χ3n) is 8.70. The highest BCUT2D eigenvalue weighted by molar-refractivity contribution is 6.09. The van der Waals surface area contributed by atoms with Crippen LogP contribution in [0.4, 0.5) is 17.1 Å². The number of allylic oxidation sites excluding steroid dienone is 3. The van der Waals surface area contributed by atoms with E-state index in [0.29, 0.717) is 41.3 Å². The Morgan fingerprint density at radius 1 is 1.13 bits per heavy atom. The van der Waals surface area contributed by atoms with Crippen LogP contribution in [0.15, 0.2) is 77.9 Å². The molecule has 2 aliphatic rings. The van der Waals surface area contributed by atoms with E-state index < -0.39 is 17.4 Å². The maximum absolute atomic E-state index is 14.0. The number of carbonyl (C=O) groups excluding carboxylic acids is 3. The highest BCUT2D eigenvalue weighted by Gasteiger charge is 2.52. The van der Waals surface area contributed by atoms with Gasteiger partial charge in [-0.1, -0.05) is 42.4 Å². The number of rotatable bonds is 12. The van der Waals surface area contributed by atoms with Gasteiger partial charge in [0.15, 0.2) is 5.60 Å². The second-order valence-corrected chi connectivity index (χ2v) is 12.3. The van der Waals surface area contributed by atoms with Gasteiger partial charge in [0.2, 0.25) is 5.91 Å². The zero-order valence-electron chi connectivity index (χ0n) is 26.8. The lowest BCUT2D eigenvalue weighted by Gasteiger charge is -2.28. The lowest BCUT2D eigenvalue weighted by Crippen LogP contribution is -2.44. The molecule has 0 aromatic heterocycles. The van der Waals surface area contributed by atoms with Gasteiger partial charge in [0, 0.05) is 47.9 Å². The van der Waals surface area contributed by atoms with Gasteiger partial charge in [-0.3, -0.25) is 14.4 Å². The highest BCUT2D eigenvalue weighted by Crippen LogP contribution is 2.46. The maximum atomic E-state index is 14.0. The summed E-state index contributed by atoms with van der Waals surface area (Å²) in [7, 11) is 0. The Balaban J connectivity index is 1.60. The zero-order valence-corrected chi connectivity index (χ0v) is 26.8. The van der Waals surface area contributed by atoms with Crippen molar-refractivity contribution in [3.63, 3.8) is 0 Å². The molecule has 9 nitrogen and oxygen atoms in total. The number of nitrogens with zero attached hydrogens (tertiary/aromatic N) is 2. The van der Waals surface area contributed by atoms with Gasteiger partial charge >= 0.3 is 0 Å². The number of benzene rings is 2. The topological polar surface area (TPSA) is 136 Å². The molecule has 3 atom stereocenters. The SMILES string of the molecule is CC(C)=CCC/C(C)=C/CN1C(=O)[C@@](O)([C@@H](C)/C=C/CC(=O)N2CCC[C@H]2CO)c2cc(NC(=O)c3ccc(N)cc3)ccc21. The third-order valence-corrected chi connectivity index (χ3v) is 8.70. The van der Waals surface area contributed by atoms with Gasteiger partial charge in [0.1, 0.15) is 0 Å². The first-order chi connectivity index (χ1) is 21.4. The van der Waals surface area contributed by atoms with Crippen LogP contribution in [-0.4, -0.2) is 58.6 Å². The zero-order chi connectivity index (χ0) is 32.7. The van der Waals surface area contributed by atoms with E-state index in [1.165, 1.54) is 5.57 Å². The first-order valence-electron chi connectivity index (χ1n) is 15.7. The number of aliphatic hydroxyl groups is 2. The van der Waals surface area contributed by atoms with E-state index in [-0.39, 0.29) is 30.9 Å². The van der Waals surface area contributed by atoms with E-state index >= 15 is 0 Å². The van der Waals surface area contributed by atoms with E-state index in [9.17, 15) is 24.6 Å². The molecule has 0 bridgehead atoms. The second kappa shape index (κ2) is 14.7. The van der Waals surface area contributed by atoms with Gasteiger partial charge < -0.3 is 31.1 Å². The lowest BCUT2D eigenvalue weighted by molar-refractivity contribution is -0.139. The van der Waals surface area contributed by atoms with Crippen molar-refractivity contribution >= 4 is 34.8 Å². The predicted molar refractivity (Wildman–Crippen MR) is 179 cm³/mol. The molecule has 5 N–H and O–H groups in total. The molecule has 2 aromatic rings. The largest absolute Gasteiger partial charge is 0.399 e. The van der Waals surface area contributed by atoms with Crippen LogP contribution in [-0.2, 0) is 15.2 Å². The van der Waals surface area contributed by atoms with Crippen molar-refractivity contribution in [3.8, 4) is 0 Å². The minimum Gasteiger partial charge on any atom is -0.399 e. The van der Waals surface area contributed by atoms with Crippen molar-refractivity contribution in [1.29, 1.82) is 0 Å². The van der Waals surface area contributed by atoms with Crippen LogP contribution in [0.1, 0.15) is 75.7 Å². The molecule has 0 saturated carbocycles. The molecule has 45 heavy (non-hydrogen) atoms. The number of likely N-dealkylation sites (tertiary alicyclic amines) is 1. The van der Waals surface area contributed by atoms with Gasteiger partial charge in [-0.25, -0.2) is 0 Å². The van der Waals surface area contributed by atoms with Crippen LogP contribution in [0.25, 0.3) is 0 Å². The van der Waals surface area contributed by atoms with Crippen molar-refractivity contribution in [1.82, 2.24) is 4.90 Å². The summed E-state index contributed by atoms with van der Waals surface area (Å²) in [5, 5.41) is 24.6. The third kappa shape index (κ3) is 7.72. The first kappa shape index (κ1) is 33.7. The number of aliphatic hydroxyl groups excluding tert-OH is 1. The molecule has 1 saturated heterocycles. The molecule has 0 unspecified atom stereocenters. The normalized spacial score (nSPS) is 20.4. The molecule has 1 fully saturated rings. The Kier molecular flexibility index (Phi) is 11.0. The molecule has 0 spiro atoms. The van der Waals surface area contributed by atoms with Crippen LogP contribution >= 0.6 is 0 Å². The monoisotopic (exact) mass is 614 g/mol. The Bertz CT molecular complexity index is 1490. The van der Waals surface area contributed by atoms with Crippen LogP contribution in [0.3, 0.4) is 0 Å². The number of anilines is 3. The average molecular weight is 615 g/mol. The number of fused-ring (bicyclic) bond motifs is 1. The van der Waals surface area contributed by atoms with Gasteiger partial charge in [0.05, 0.1) is 18.3 Å². The maximum Gasteiger partial charge on any atom is 0.264 e. The van der Waals surface area contributed by atoms with Crippen molar-refractivity contribution in [2.75, 3.05) is 35.6 Å². The lowest BCUT2D eigenvalue weighted by atomic mass is 9.82. The number of hydrogen-bond acceptors (Lipinski definition) is 6. The molecule has 4 rings (SSSR count). The van der Waals surface area contributed by atoms with E-state index in [2.05, 4.69) is 25.2 Å². The number of carbonyl (C=O) groups is 3. The molecular weight excluding hydrogens is 568 g/mol. The first-order valence-corrected chi connectivity index (χ1v) is 15.7. The Morgan fingerprint density at radius 2 is 1.87 bits per heavy atom. The fraction of sp³-hybridized carbons (Fsp3) is 0.417. The summed E-state index contributed by atoms with van der Waals surface area (Å²) in [4.78, 5) is 43.1. The van der Waals surface area contributed by atoms with Crippen molar-refractivity contribution in [2.24, 2.45) is 5.92 Å². The second-order valence-electron chi connectivity index (χ2n) is 12.3. The summed E-state index contributed by atoms with van der Waals surface area (Å²) in [5.41, 5.74) is 8.61. The molecule has 240 valence electrons. The minimum atomic E-state index is -1.91. The fourth-order valence-electron chi connectivity index (χ4n) is 5.96. The molecule has 2 aliphatic heterocycles. The summed E-state index contributed by atoms with van der Waals surface area (Å²) < 4.78 is 0. The molecule has 0 radical (unpaired) electrons. The molecule has 2 heterocycles. The van der Waals surface area contributed by atoms with Crippen LogP contribution in [0.5, 0.6) is 0 Å². The summed E-state index contributed by atoms with van der Waals surface area (Å²) >= 11 is 0. The van der Waals surface area contributed by atoms with Crippen LogP contribution < -0.4 is 16.0 Å². The Labute approximate surface area is 266 Å². The smallest absolute Gasteiger partial charge is 0.264 e. The van der Waals surface area contributed by atoms with E-state index in [0.717, 1.165) is 31.3 Å². The van der Waals surface area contributed by atoms with Gasteiger partial charge in [0.25, 0.3) is 11.8 Å². The molecule has 2 aromatic carbocycles. The summed E-state index contributed by atoms with van der Waals surface area (Å²) in [6.45, 7) is 8.76. The summed E-state index contributed by atoms with van der Waals surface area (Å²) in [5.74, 6) is -1.58. The van der Waals surface area contributed by atoms with Crippen molar-refractivity contribution in [2.45, 2.75) is 71.4 Å². The molecular formula is C36H46N4O5. The number of nitrogen functional groups attached to an aromatic ring is 1. The number of amides is 3. The number of hydrogen-bond donors (Lipinski definition) is 4. The fourth-order valence-corrected chi connectivity index (χ4v) is 5.96. The summed E-state index contributed by atoms with van der Waals surface area (Å²) in [6.07, 6.45) is 11.1. The average Bonchev–Trinajstić information content (AvgIpc) is 3.57. The van der Waals surface area contributed by atoms with E-state index in [1.54, 1.807) is 71.3 Å². The predicted octanol–water partition coefficient (Wildman–Crippen LogP) is 5.31. The van der Waals surface area contributed by atoms with Crippen LogP contribution in [0.2, 0.25) is 0 Å².